The summed E-state index contributed by atoms with van der Waals surface area (Å²) in [5.74, 6) is 0.761. The van der Waals surface area contributed by atoms with E-state index in [4.69, 9.17) is 0 Å². The summed E-state index contributed by atoms with van der Waals surface area (Å²) in [5, 5.41) is 11.6. The van der Waals surface area contributed by atoms with Crippen molar-refractivity contribution >= 4 is 0 Å². The predicted molar refractivity (Wildman–Crippen MR) is 83.8 cm³/mol. The van der Waals surface area contributed by atoms with Crippen molar-refractivity contribution in [1.29, 1.82) is 0 Å². The van der Waals surface area contributed by atoms with E-state index in [1.54, 1.807) is 6.20 Å². The standard InChI is InChI=1S/C17H24N4/c1-3-7-15(8-4-1)17(16-9-5-2-6-10-16)18-11-13-21-14-12-19-20-21/h1,3-4,7-8,12,14,16-18H,2,5-6,9-11,13H2. The quantitative estimate of drug-likeness (QED) is 0.886. The first-order chi connectivity index (χ1) is 10.4. The van der Waals surface area contributed by atoms with Crippen LogP contribution in [0, 0.1) is 5.92 Å². The third-order valence-electron chi connectivity index (χ3n) is 4.46. The molecule has 0 aliphatic heterocycles. The van der Waals surface area contributed by atoms with E-state index in [-0.39, 0.29) is 0 Å². The van der Waals surface area contributed by atoms with Crippen LogP contribution in [0.1, 0.15) is 43.7 Å². The van der Waals surface area contributed by atoms with Crippen LogP contribution in [-0.4, -0.2) is 21.5 Å². The Morgan fingerprint density at radius 3 is 2.67 bits per heavy atom. The first kappa shape index (κ1) is 14.3. The molecular weight excluding hydrogens is 260 g/mol. The molecule has 1 aromatic heterocycles. The van der Waals surface area contributed by atoms with Gasteiger partial charge in [0.1, 0.15) is 0 Å². The number of aromatic nitrogens is 3. The molecule has 3 rings (SSSR count). The molecule has 0 spiro atoms. The van der Waals surface area contributed by atoms with E-state index in [2.05, 4.69) is 46.0 Å². The van der Waals surface area contributed by atoms with Crippen molar-refractivity contribution in [1.82, 2.24) is 20.3 Å². The van der Waals surface area contributed by atoms with E-state index in [1.807, 2.05) is 10.9 Å². The zero-order valence-corrected chi connectivity index (χ0v) is 12.5. The predicted octanol–water partition coefficient (Wildman–Crippen LogP) is 3.19. The van der Waals surface area contributed by atoms with Crippen LogP contribution in [0.5, 0.6) is 0 Å². The summed E-state index contributed by atoms with van der Waals surface area (Å²) in [6, 6.07) is 11.4. The molecule has 1 N–H and O–H groups in total. The Hall–Kier alpha value is -1.68. The number of benzene rings is 1. The second-order valence-electron chi connectivity index (χ2n) is 5.91. The van der Waals surface area contributed by atoms with Gasteiger partial charge in [-0.1, -0.05) is 54.8 Å². The molecule has 1 saturated carbocycles. The van der Waals surface area contributed by atoms with Gasteiger partial charge in [0, 0.05) is 18.8 Å². The molecule has 4 nitrogen and oxygen atoms in total. The van der Waals surface area contributed by atoms with Crippen LogP contribution in [-0.2, 0) is 6.54 Å². The monoisotopic (exact) mass is 284 g/mol. The summed E-state index contributed by atoms with van der Waals surface area (Å²) >= 11 is 0. The number of hydrogen-bond donors (Lipinski definition) is 1. The van der Waals surface area contributed by atoms with Gasteiger partial charge in [-0.05, 0) is 24.3 Å². The van der Waals surface area contributed by atoms with Gasteiger partial charge in [0.25, 0.3) is 0 Å². The molecule has 4 heteroatoms. The third-order valence-corrected chi connectivity index (χ3v) is 4.46. The maximum absolute atomic E-state index is 4.03. The second-order valence-corrected chi connectivity index (χ2v) is 5.91. The van der Waals surface area contributed by atoms with E-state index in [0.29, 0.717) is 6.04 Å². The Bertz CT molecular complexity index is 503. The smallest absolute Gasteiger partial charge is 0.0692 e. The molecule has 0 amide bonds. The van der Waals surface area contributed by atoms with Crippen LogP contribution in [0.15, 0.2) is 42.7 Å². The Morgan fingerprint density at radius 2 is 1.95 bits per heavy atom. The van der Waals surface area contributed by atoms with Crippen LogP contribution < -0.4 is 5.32 Å². The van der Waals surface area contributed by atoms with Crippen LogP contribution in [0.2, 0.25) is 0 Å². The number of rotatable bonds is 6. The zero-order chi connectivity index (χ0) is 14.3. The molecule has 1 unspecified atom stereocenters. The molecule has 1 fully saturated rings. The Kier molecular flexibility index (Phi) is 5.00. The second kappa shape index (κ2) is 7.36. The van der Waals surface area contributed by atoms with E-state index in [9.17, 15) is 0 Å². The van der Waals surface area contributed by atoms with Gasteiger partial charge < -0.3 is 5.32 Å². The van der Waals surface area contributed by atoms with E-state index in [0.717, 1.165) is 19.0 Å². The van der Waals surface area contributed by atoms with Gasteiger partial charge >= 0.3 is 0 Å². The van der Waals surface area contributed by atoms with Crippen molar-refractivity contribution in [3.05, 3.63) is 48.3 Å². The summed E-state index contributed by atoms with van der Waals surface area (Å²) in [6.07, 6.45) is 10.5. The molecular formula is C17H24N4. The Morgan fingerprint density at radius 1 is 1.14 bits per heavy atom. The zero-order valence-electron chi connectivity index (χ0n) is 12.5. The highest BCUT2D eigenvalue weighted by atomic mass is 15.4. The summed E-state index contributed by atoms with van der Waals surface area (Å²) in [5.41, 5.74) is 1.42. The Balaban J connectivity index is 1.63. The van der Waals surface area contributed by atoms with E-state index >= 15 is 0 Å². The molecule has 0 bridgehead atoms. The first-order valence-electron chi connectivity index (χ1n) is 8.06. The number of nitrogens with one attached hydrogen (secondary N) is 1. The van der Waals surface area contributed by atoms with Gasteiger partial charge in [-0.3, -0.25) is 4.68 Å². The lowest BCUT2D eigenvalue weighted by Gasteiger charge is -2.31. The molecule has 1 atom stereocenters. The fourth-order valence-corrected chi connectivity index (χ4v) is 3.37. The van der Waals surface area contributed by atoms with Crippen molar-refractivity contribution < 1.29 is 0 Å². The van der Waals surface area contributed by atoms with E-state index in [1.165, 1.54) is 37.7 Å². The van der Waals surface area contributed by atoms with Gasteiger partial charge in [-0.15, -0.1) is 5.10 Å². The van der Waals surface area contributed by atoms with Crippen molar-refractivity contribution in [2.75, 3.05) is 6.54 Å². The van der Waals surface area contributed by atoms with Gasteiger partial charge in [0.05, 0.1) is 12.7 Å². The normalized spacial score (nSPS) is 17.7. The van der Waals surface area contributed by atoms with E-state index < -0.39 is 0 Å². The molecule has 2 aromatic rings. The molecule has 21 heavy (non-hydrogen) atoms. The summed E-state index contributed by atoms with van der Waals surface area (Å²) in [7, 11) is 0. The van der Waals surface area contributed by atoms with Crippen molar-refractivity contribution in [3.63, 3.8) is 0 Å². The number of nitrogens with zero attached hydrogens (tertiary/aromatic N) is 3. The molecule has 1 aliphatic rings. The molecule has 1 heterocycles. The largest absolute Gasteiger partial charge is 0.308 e. The molecule has 112 valence electrons. The number of hydrogen-bond acceptors (Lipinski definition) is 3. The highest BCUT2D eigenvalue weighted by molar-refractivity contribution is 5.19. The fraction of sp³-hybridized carbons (Fsp3) is 0.529. The van der Waals surface area contributed by atoms with Gasteiger partial charge in [0.15, 0.2) is 0 Å². The van der Waals surface area contributed by atoms with Gasteiger partial charge in [-0.25, -0.2) is 0 Å². The molecule has 0 radical (unpaired) electrons. The van der Waals surface area contributed by atoms with Crippen LogP contribution in [0.3, 0.4) is 0 Å². The van der Waals surface area contributed by atoms with Crippen molar-refractivity contribution in [2.45, 2.75) is 44.7 Å². The van der Waals surface area contributed by atoms with Crippen LogP contribution in [0.25, 0.3) is 0 Å². The Labute approximate surface area is 126 Å². The van der Waals surface area contributed by atoms with Gasteiger partial charge in [-0.2, -0.15) is 0 Å². The average molecular weight is 284 g/mol. The summed E-state index contributed by atoms with van der Waals surface area (Å²) in [6.45, 7) is 1.80. The average Bonchev–Trinajstić information content (AvgIpc) is 3.07. The van der Waals surface area contributed by atoms with Crippen molar-refractivity contribution in [2.24, 2.45) is 5.92 Å². The summed E-state index contributed by atoms with van der Waals surface area (Å²) < 4.78 is 1.88. The lowest BCUT2D eigenvalue weighted by Crippen LogP contribution is -2.32. The van der Waals surface area contributed by atoms with Crippen LogP contribution in [0.4, 0.5) is 0 Å². The van der Waals surface area contributed by atoms with Crippen LogP contribution >= 0.6 is 0 Å². The topological polar surface area (TPSA) is 42.7 Å². The third kappa shape index (κ3) is 3.91. The minimum atomic E-state index is 0.468. The van der Waals surface area contributed by atoms with Crippen molar-refractivity contribution in [3.8, 4) is 0 Å². The highest BCUT2D eigenvalue weighted by Crippen LogP contribution is 2.34. The lowest BCUT2D eigenvalue weighted by atomic mass is 9.81. The maximum Gasteiger partial charge on any atom is 0.0692 e. The maximum atomic E-state index is 4.03. The summed E-state index contributed by atoms with van der Waals surface area (Å²) in [4.78, 5) is 0. The lowest BCUT2D eigenvalue weighted by molar-refractivity contribution is 0.268. The van der Waals surface area contributed by atoms with Gasteiger partial charge in [0.2, 0.25) is 0 Å². The SMILES string of the molecule is c1ccc(C(NCCn2ccnn2)C2CCCCC2)cc1. The molecule has 1 aliphatic carbocycles. The molecule has 1 aromatic carbocycles. The highest BCUT2D eigenvalue weighted by Gasteiger charge is 2.24. The minimum Gasteiger partial charge on any atom is -0.308 e. The minimum absolute atomic E-state index is 0.468. The fourth-order valence-electron chi connectivity index (χ4n) is 3.37. The first-order valence-corrected chi connectivity index (χ1v) is 8.06. The molecule has 0 saturated heterocycles.